The van der Waals surface area contributed by atoms with Gasteiger partial charge in [0.15, 0.2) is 5.78 Å². The molecule has 0 unspecified atom stereocenters. The van der Waals surface area contributed by atoms with E-state index in [1.54, 1.807) is 6.07 Å². The van der Waals surface area contributed by atoms with Gasteiger partial charge in [-0.1, -0.05) is 0 Å². The highest BCUT2D eigenvalue weighted by molar-refractivity contribution is 14.1. The molecule has 0 aromatic heterocycles. The zero-order chi connectivity index (χ0) is 9.42. The molecule has 68 valence electrons. The molecule has 1 aromatic carbocycles. The van der Waals surface area contributed by atoms with Gasteiger partial charge < -0.3 is 10.5 Å². The number of hydrogen-bond donors (Lipinski definition) is 1. The Morgan fingerprint density at radius 3 is 3.00 bits per heavy atom. The van der Waals surface area contributed by atoms with Crippen LogP contribution in [-0.2, 0) is 0 Å². The van der Waals surface area contributed by atoms with Crippen molar-refractivity contribution >= 4 is 34.1 Å². The number of hydrogen-bond acceptors (Lipinski definition) is 3. The molecule has 0 radical (unpaired) electrons. The Bertz CT molecular complexity index is 376. The molecule has 0 saturated heterocycles. The van der Waals surface area contributed by atoms with Gasteiger partial charge in [0.05, 0.1) is 12.2 Å². The molecule has 0 bridgehead atoms. The second kappa shape index (κ2) is 3.17. The number of carbonyl (C=O) groups excluding carboxylic acids is 1. The number of Topliss-reactive ketones (excluding diaryl/α,β-unsaturated/α-hetero) is 1. The van der Waals surface area contributed by atoms with Crippen LogP contribution >= 0.6 is 22.6 Å². The zero-order valence-corrected chi connectivity index (χ0v) is 9.00. The Kier molecular flexibility index (Phi) is 2.15. The van der Waals surface area contributed by atoms with E-state index in [2.05, 4.69) is 22.6 Å². The molecular formula is C9H8INO2. The fourth-order valence-electron chi connectivity index (χ4n) is 1.30. The summed E-state index contributed by atoms with van der Waals surface area (Å²) in [5.74, 6) is 0.777. The summed E-state index contributed by atoms with van der Waals surface area (Å²) in [6, 6.07) is 3.50. The Morgan fingerprint density at radius 2 is 2.23 bits per heavy atom. The molecule has 1 aliphatic rings. The first-order chi connectivity index (χ1) is 6.18. The molecule has 1 heterocycles. The lowest BCUT2D eigenvalue weighted by Crippen LogP contribution is -2.15. The number of ketones is 1. The average molecular weight is 289 g/mol. The van der Waals surface area contributed by atoms with E-state index in [9.17, 15) is 4.79 Å². The van der Waals surface area contributed by atoms with Gasteiger partial charge >= 0.3 is 0 Å². The Balaban J connectivity index is 2.58. The lowest BCUT2D eigenvalue weighted by molar-refractivity contribution is 0.0933. The molecule has 0 amide bonds. The van der Waals surface area contributed by atoms with Gasteiger partial charge in [-0.25, -0.2) is 0 Å². The summed E-state index contributed by atoms with van der Waals surface area (Å²) < 4.78 is 6.27. The van der Waals surface area contributed by atoms with Crippen LogP contribution in [0.3, 0.4) is 0 Å². The smallest absolute Gasteiger partial charge is 0.170 e. The maximum atomic E-state index is 11.4. The number of anilines is 1. The van der Waals surface area contributed by atoms with Crippen molar-refractivity contribution in [3.05, 3.63) is 21.3 Å². The van der Waals surface area contributed by atoms with Crippen LogP contribution in [0.5, 0.6) is 5.75 Å². The van der Waals surface area contributed by atoms with Crippen LogP contribution in [0.15, 0.2) is 12.1 Å². The number of nitrogen functional groups attached to an aromatic ring is 1. The van der Waals surface area contributed by atoms with Crippen LogP contribution < -0.4 is 10.5 Å². The third kappa shape index (κ3) is 1.50. The van der Waals surface area contributed by atoms with Crippen LogP contribution in [0.25, 0.3) is 0 Å². The highest BCUT2D eigenvalue weighted by atomic mass is 127. The van der Waals surface area contributed by atoms with E-state index in [4.69, 9.17) is 10.5 Å². The predicted molar refractivity (Wildman–Crippen MR) is 58.0 cm³/mol. The molecule has 2 N–H and O–H groups in total. The molecule has 1 aliphatic heterocycles. The number of halogens is 1. The molecule has 4 heteroatoms. The molecular weight excluding hydrogens is 281 g/mol. The highest BCUT2D eigenvalue weighted by Crippen LogP contribution is 2.30. The van der Waals surface area contributed by atoms with E-state index in [1.807, 2.05) is 6.07 Å². The van der Waals surface area contributed by atoms with Gasteiger partial charge in [0.1, 0.15) is 5.75 Å². The molecule has 3 nitrogen and oxygen atoms in total. The van der Waals surface area contributed by atoms with Crippen molar-refractivity contribution in [2.75, 3.05) is 12.3 Å². The number of fused-ring (bicyclic) bond motifs is 1. The minimum absolute atomic E-state index is 0.115. The summed E-state index contributed by atoms with van der Waals surface area (Å²) in [6.07, 6.45) is 0.451. The quantitative estimate of drug-likeness (QED) is 0.585. The Labute approximate surface area is 89.4 Å². The van der Waals surface area contributed by atoms with Gasteiger partial charge in [-0.3, -0.25) is 4.79 Å². The fourth-order valence-corrected chi connectivity index (χ4v) is 1.74. The summed E-state index contributed by atoms with van der Waals surface area (Å²) >= 11 is 2.12. The maximum Gasteiger partial charge on any atom is 0.170 e. The molecule has 13 heavy (non-hydrogen) atoms. The standard InChI is InChI=1S/C9H8INO2/c10-6-4-9-5(3-7(6)11)8(12)1-2-13-9/h3-4H,1-2,11H2. The topological polar surface area (TPSA) is 52.3 Å². The Hall–Kier alpha value is -0.780. The summed E-state index contributed by atoms with van der Waals surface area (Å²) in [5, 5.41) is 0. The number of carbonyl (C=O) groups is 1. The summed E-state index contributed by atoms with van der Waals surface area (Å²) in [4.78, 5) is 11.4. The van der Waals surface area contributed by atoms with E-state index in [1.165, 1.54) is 0 Å². The lowest BCUT2D eigenvalue weighted by Gasteiger charge is -2.16. The first-order valence-corrected chi connectivity index (χ1v) is 5.01. The van der Waals surface area contributed by atoms with Gasteiger partial charge in [0.2, 0.25) is 0 Å². The second-order valence-corrected chi connectivity index (χ2v) is 4.05. The third-order valence-electron chi connectivity index (χ3n) is 1.99. The lowest BCUT2D eigenvalue weighted by atomic mass is 10.0. The van der Waals surface area contributed by atoms with Crippen molar-refractivity contribution < 1.29 is 9.53 Å². The van der Waals surface area contributed by atoms with Crippen LogP contribution in [0, 0.1) is 3.57 Å². The van der Waals surface area contributed by atoms with Crippen molar-refractivity contribution in [3.63, 3.8) is 0 Å². The van der Waals surface area contributed by atoms with Crippen molar-refractivity contribution in [2.45, 2.75) is 6.42 Å². The van der Waals surface area contributed by atoms with Gasteiger partial charge in [0.25, 0.3) is 0 Å². The van der Waals surface area contributed by atoms with Crippen molar-refractivity contribution in [3.8, 4) is 5.75 Å². The average Bonchev–Trinajstić information content (AvgIpc) is 2.09. The molecule has 2 rings (SSSR count). The molecule has 0 aliphatic carbocycles. The van der Waals surface area contributed by atoms with E-state index >= 15 is 0 Å². The third-order valence-corrected chi connectivity index (χ3v) is 2.92. The van der Waals surface area contributed by atoms with E-state index in [0.29, 0.717) is 30.0 Å². The monoisotopic (exact) mass is 289 g/mol. The minimum Gasteiger partial charge on any atom is -0.492 e. The van der Waals surface area contributed by atoms with E-state index < -0.39 is 0 Å². The second-order valence-electron chi connectivity index (χ2n) is 2.89. The fraction of sp³-hybridized carbons (Fsp3) is 0.222. The van der Waals surface area contributed by atoms with E-state index in [0.717, 1.165) is 3.57 Å². The van der Waals surface area contributed by atoms with Crippen LogP contribution in [0.4, 0.5) is 5.69 Å². The zero-order valence-electron chi connectivity index (χ0n) is 6.84. The SMILES string of the molecule is Nc1cc2c(cc1I)OCCC2=O. The molecule has 0 spiro atoms. The number of ether oxygens (including phenoxy) is 1. The first-order valence-electron chi connectivity index (χ1n) is 3.93. The summed E-state index contributed by atoms with van der Waals surface area (Å²) in [5.41, 5.74) is 6.94. The number of nitrogens with two attached hydrogens (primary N) is 1. The van der Waals surface area contributed by atoms with Gasteiger partial charge in [-0.2, -0.15) is 0 Å². The highest BCUT2D eigenvalue weighted by Gasteiger charge is 2.19. The van der Waals surface area contributed by atoms with Crippen LogP contribution in [-0.4, -0.2) is 12.4 Å². The van der Waals surface area contributed by atoms with Gasteiger partial charge in [-0.05, 0) is 34.7 Å². The Morgan fingerprint density at radius 1 is 1.46 bits per heavy atom. The van der Waals surface area contributed by atoms with Crippen molar-refractivity contribution in [2.24, 2.45) is 0 Å². The summed E-state index contributed by atoms with van der Waals surface area (Å²) in [7, 11) is 0. The molecule has 0 saturated carbocycles. The molecule has 0 atom stereocenters. The minimum atomic E-state index is 0.115. The first kappa shape index (κ1) is 8.80. The van der Waals surface area contributed by atoms with Crippen LogP contribution in [0.1, 0.15) is 16.8 Å². The van der Waals surface area contributed by atoms with E-state index in [-0.39, 0.29) is 5.78 Å². The van der Waals surface area contributed by atoms with Crippen molar-refractivity contribution in [1.82, 2.24) is 0 Å². The maximum absolute atomic E-state index is 11.4. The normalized spacial score (nSPS) is 15.0. The molecule has 0 fully saturated rings. The number of benzene rings is 1. The van der Waals surface area contributed by atoms with Gasteiger partial charge in [-0.15, -0.1) is 0 Å². The summed E-state index contributed by atoms with van der Waals surface area (Å²) in [6.45, 7) is 0.478. The van der Waals surface area contributed by atoms with Crippen LogP contribution in [0.2, 0.25) is 0 Å². The largest absolute Gasteiger partial charge is 0.492 e. The van der Waals surface area contributed by atoms with Crippen molar-refractivity contribution in [1.29, 1.82) is 0 Å². The number of rotatable bonds is 0. The van der Waals surface area contributed by atoms with Gasteiger partial charge in [0, 0.05) is 15.7 Å². The predicted octanol–water partition coefficient (Wildman–Crippen LogP) is 1.84. The molecule has 1 aromatic rings.